The quantitative estimate of drug-likeness (QED) is 0.196. The number of aromatic nitrogens is 1. The summed E-state index contributed by atoms with van der Waals surface area (Å²) in [5.74, 6) is 1.56. The first-order valence-corrected chi connectivity index (χ1v) is 15.3. The summed E-state index contributed by atoms with van der Waals surface area (Å²) in [7, 11) is 4.97. The summed E-state index contributed by atoms with van der Waals surface area (Å²) in [6.07, 6.45) is 8.98. The van der Waals surface area contributed by atoms with Crippen molar-refractivity contribution in [3.63, 3.8) is 0 Å². The van der Waals surface area contributed by atoms with E-state index in [-0.39, 0.29) is 18.2 Å². The number of carbonyl (C=O) groups excluding carboxylic acids is 1. The van der Waals surface area contributed by atoms with Gasteiger partial charge in [0.2, 0.25) is 0 Å². The number of ether oxygens (including phenoxy) is 3. The smallest absolute Gasteiger partial charge is 0.306 e. The molecule has 1 saturated carbocycles. The van der Waals surface area contributed by atoms with E-state index >= 15 is 0 Å². The lowest BCUT2D eigenvalue weighted by Gasteiger charge is -2.37. The van der Waals surface area contributed by atoms with Gasteiger partial charge in [0.1, 0.15) is 16.9 Å². The van der Waals surface area contributed by atoms with Crippen molar-refractivity contribution in [3.05, 3.63) is 53.7 Å². The maximum absolute atomic E-state index is 12.4. The lowest BCUT2D eigenvalue weighted by atomic mass is 9.91. The van der Waals surface area contributed by atoms with Gasteiger partial charge < -0.3 is 14.2 Å². The molecule has 4 rings (SSSR count). The van der Waals surface area contributed by atoms with Crippen LogP contribution in [0.25, 0.3) is 0 Å². The highest BCUT2D eigenvalue weighted by molar-refractivity contribution is 8.76. The van der Waals surface area contributed by atoms with Gasteiger partial charge >= 0.3 is 5.97 Å². The number of likely N-dealkylation sites (tertiary alicyclic amines) is 1. The number of pyridine rings is 1. The third kappa shape index (κ3) is 8.13. The number of methoxy groups -OCH3 is 1. The molecule has 1 aromatic heterocycles. The van der Waals surface area contributed by atoms with Crippen LogP contribution in [0.15, 0.2) is 47.6 Å². The first-order valence-electron chi connectivity index (χ1n) is 13.0. The van der Waals surface area contributed by atoms with E-state index in [4.69, 9.17) is 14.2 Å². The lowest BCUT2D eigenvalue weighted by molar-refractivity contribution is -0.148. The van der Waals surface area contributed by atoms with Crippen molar-refractivity contribution in [2.75, 3.05) is 32.6 Å². The minimum absolute atomic E-state index is 0.00598. The van der Waals surface area contributed by atoms with Crippen molar-refractivity contribution in [1.29, 1.82) is 0 Å². The number of benzene rings is 1. The molecule has 36 heavy (non-hydrogen) atoms. The molecule has 2 fully saturated rings. The average molecular weight is 531 g/mol. The molecule has 2 heterocycles. The van der Waals surface area contributed by atoms with Gasteiger partial charge in [-0.05, 0) is 72.7 Å². The Hall–Kier alpha value is -1.74. The highest BCUT2D eigenvalue weighted by atomic mass is 33.1. The molecular formula is C28H38N2O4S2. The Morgan fingerprint density at radius 2 is 2.06 bits per heavy atom. The molecule has 3 atom stereocenters. The Labute approximate surface area is 223 Å². The molecule has 0 bridgehead atoms. The topological polar surface area (TPSA) is 60.9 Å². The second-order valence-corrected chi connectivity index (χ2v) is 12.0. The number of nitrogens with zero attached hydrogens (tertiary/aromatic N) is 2. The van der Waals surface area contributed by atoms with Crippen LogP contribution in [-0.4, -0.2) is 66.7 Å². The summed E-state index contributed by atoms with van der Waals surface area (Å²) in [6, 6.07) is 12.7. The molecule has 1 aromatic carbocycles. The first kappa shape index (κ1) is 27.3. The van der Waals surface area contributed by atoms with E-state index in [1.165, 1.54) is 18.4 Å². The number of hydrogen-bond acceptors (Lipinski definition) is 8. The number of hydrogen-bond donors (Lipinski definition) is 0. The predicted octanol–water partition coefficient (Wildman–Crippen LogP) is 5.72. The molecule has 1 saturated heterocycles. The van der Waals surface area contributed by atoms with E-state index in [0.29, 0.717) is 19.1 Å². The zero-order valence-electron chi connectivity index (χ0n) is 21.4. The molecule has 1 aliphatic heterocycles. The van der Waals surface area contributed by atoms with Crippen LogP contribution < -0.4 is 4.74 Å². The summed E-state index contributed by atoms with van der Waals surface area (Å²) in [4.78, 5) is 19.2. The van der Waals surface area contributed by atoms with Gasteiger partial charge in [-0.25, -0.2) is 4.98 Å². The average Bonchev–Trinajstić information content (AvgIpc) is 3.36. The summed E-state index contributed by atoms with van der Waals surface area (Å²) in [6.45, 7) is 4.57. The summed E-state index contributed by atoms with van der Waals surface area (Å²) in [5, 5.41) is 0.963. The molecule has 1 aliphatic carbocycles. The normalized spacial score (nSPS) is 22.4. The fourth-order valence-electron chi connectivity index (χ4n) is 5.06. The molecule has 196 valence electrons. The van der Waals surface area contributed by atoms with E-state index in [1.54, 1.807) is 34.9 Å². The molecule has 0 amide bonds. The lowest BCUT2D eigenvalue weighted by Crippen LogP contribution is -2.46. The third-order valence-electron chi connectivity index (χ3n) is 6.98. The molecule has 0 radical (unpaired) electrons. The fourth-order valence-corrected chi connectivity index (χ4v) is 6.91. The molecule has 6 nitrogen and oxygen atoms in total. The second kappa shape index (κ2) is 14.3. The molecule has 2 aliphatic rings. The van der Waals surface area contributed by atoms with E-state index in [2.05, 4.69) is 35.0 Å². The maximum atomic E-state index is 12.4. The number of esters is 1. The zero-order valence-corrected chi connectivity index (χ0v) is 23.0. The minimum atomic E-state index is -0.0964. The SMILES string of the molecule is COc1cc(CCO[C@@H]2CCCC[C@H]2N2CC[C@@H](OC(=O)CCSSc3ccccn3)C2)ccc1C. The van der Waals surface area contributed by atoms with Gasteiger partial charge in [-0.15, -0.1) is 0 Å². The van der Waals surface area contributed by atoms with Crippen LogP contribution in [0.3, 0.4) is 0 Å². The number of aryl methyl sites for hydroxylation is 1. The van der Waals surface area contributed by atoms with Crippen molar-refractivity contribution in [2.24, 2.45) is 0 Å². The summed E-state index contributed by atoms with van der Waals surface area (Å²) in [5.41, 5.74) is 2.40. The van der Waals surface area contributed by atoms with Crippen LogP contribution >= 0.6 is 21.6 Å². The van der Waals surface area contributed by atoms with Crippen LogP contribution in [0.4, 0.5) is 0 Å². The van der Waals surface area contributed by atoms with E-state index in [0.717, 1.165) is 60.9 Å². The standard InChI is InChI=1S/C28H38N2O4S2/c1-21-10-11-22(19-26(21)32-2)13-17-33-25-8-4-3-7-24(25)30-16-12-23(20-30)34-28(31)14-18-35-36-27-9-5-6-15-29-27/h5-6,9-11,15,19,23-25H,3-4,7-8,12-14,16-18,20H2,1-2H3/t23-,24-,25-/m1/s1. The van der Waals surface area contributed by atoms with Crippen molar-refractivity contribution >= 4 is 27.6 Å². The second-order valence-electron chi connectivity index (χ2n) is 9.53. The van der Waals surface area contributed by atoms with Gasteiger partial charge in [0, 0.05) is 31.1 Å². The van der Waals surface area contributed by atoms with Gasteiger partial charge in [0.05, 0.1) is 26.2 Å². The molecule has 0 N–H and O–H groups in total. The molecule has 0 unspecified atom stereocenters. The van der Waals surface area contributed by atoms with Gasteiger partial charge in [-0.1, -0.05) is 41.8 Å². The van der Waals surface area contributed by atoms with E-state index < -0.39 is 0 Å². The number of carbonyl (C=O) groups is 1. The molecular weight excluding hydrogens is 492 g/mol. The van der Waals surface area contributed by atoms with Crippen molar-refractivity contribution in [2.45, 2.75) is 75.1 Å². The van der Waals surface area contributed by atoms with Gasteiger partial charge in [0.15, 0.2) is 0 Å². The van der Waals surface area contributed by atoms with Crippen LogP contribution in [0.5, 0.6) is 5.75 Å². The largest absolute Gasteiger partial charge is 0.496 e. The summed E-state index contributed by atoms with van der Waals surface area (Å²) >= 11 is 0. The Balaban J connectivity index is 1.17. The third-order valence-corrected chi connectivity index (χ3v) is 9.24. The van der Waals surface area contributed by atoms with E-state index in [1.807, 2.05) is 18.2 Å². The molecule has 0 spiro atoms. The van der Waals surface area contributed by atoms with E-state index in [9.17, 15) is 4.79 Å². The van der Waals surface area contributed by atoms with Gasteiger partial charge in [-0.2, -0.15) is 0 Å². The Morgan fingerprint density at radius 3 is 2.89 bits per heavy atom. The molecule has 8 heteroatoms. The van der Waals surface area contributed by atoms with Crippen LogP contribution in [0.2, 0.25) is 0 Å². The first-order chi connectivity index (χ1) is 17.6. The Morgan fingerprint density at radius 1 is 1.17 bits per heavy atom. The maximum Gasteiger partial charge on any atom is 0.306 e. The van der Waals surface area contributed by atoms with Crippen molar-refractivity contribution in [1.82, 2.24) is 9.88 Å². The Bertz CT molecular complexity index is 962. The van der Waals surface area contributed by atoms with Gasteiger partial charge in [-0.3, -0.25) is 9.69 Å². The van der Waals surface area contributed by atoms with Gasteiger partial charge in [0.25, 0.3) is 0 Å². The highest BCUT2D eigenvalue weighted by Crippen LogP contribution is 2.31. The highest BCUT2D eigenvalue weighted by Gasteiger charge is 2.36. The zero-order chi connectivity index (χ0) is 25.2. The van der Waals surface area contributed by atoms with Crippen LogP contribution in [0.1, 0.15) is 49.7 Å². The summed E-state index contributed by atoms with van der Waals surface area (Å²) < 4.78 is 17.7. The fraction of sp³-hybridized carbons (Fsp3) is 0.571. The minimum Gasteiger partial charge on any atom is -0.496 e. The van der Waals surface area contributed by atoms with Crippen molar-refractivity contribution < 1.29 is 19.0 Å². The monoisotopic (exact) mass is 530 g/mol. The van der Waals surface area contributed by atoms with Crippen LogP contribution in [-0.2, 0) is 20.7 Å². The number of rotatable bonds is 12. The van der Waals surface area contributed by atoms with Crippen molar-refractivity contribution in [3.8, 4) is 5.75 Å². The van der Waals surface area contributed by atoms with Crippen LogP contribution in [0, 0.1) is 6.92 Å². The Kier molecular flexibility index (Phi) is 10.8. The molecule has 2 aromatic rings. The predicted molar refractivity (Wildman–Crippen MR) is 147 cm³/mol.